The van der Waals surface area contributed by atoms with Crippen molar-refractivity contribution in [1.29, 1.82) is 5.26 Å². The fourth-order valence-corrected chi connectivity index (χ4v) is 1.71. The second kappa shape index (κ2) is 6.74. The molecule has 1 heterocycles. The molecule has 0 aromatic carbocycles. The van der Waals surface area contributed by atoms with Gasteiger partial charge >= 0.3 is 0 Å². The molecule has 19 heavy (non-hydrogen) atoms. The van der Waals surface area contributed by atoms with Gasteiger partial charge in [0.05, 0.1) is 17.6 Å². The summed E-state index contributed by atoms with van der Waals surface area (Å²) < 4.78 is 0. The molecule has 0 fully saturated rings. The van der Waals surface area contributed by atoms with Gasteiger partial charge in [0.25, 0.3) is 5.91 Å². The summed E-state index contributed by atoms with van der Waals surface area (Å²) in [4.78, 5) is 19.6. The van der Waals surface area contributed by atoms with Gasteiger partial charge in [0.15, 0.2) is 0 Å². The monoisotopic (exact) mass is 260 g/mol. The van der Waals surface area contributed by atoms with E-state index in [4.69, 9.17) is 5.26 Å². The van der Waals surface area contributed by atoms with E-state index in [0.717, 1.165) is 12.4 Å². The number of pyridine rings is 1. The van der Waals surface area contributed by atoms with E-state index in [0.29, 0.717) is 12.1 Å². The normalized spacial score (nSPS) is 11.5. The van der Waals surface area contributed by atoms with Crippen molar-refractivity contribution >= 4 is 11.7 Å². The molecule has 0 aliphatic heterocycles. The van der Waals surface area contributed by atoms with Gasteiger partial charge in [-0.3, -0.25) is 4.79 Å². The molecule has 0 radical (unpaired) electrons. The lowest BCUT2D eigenvalue weighted by Crippen LogP contribution is -2.28. The molecular weight excluding hydrogens is 240 g/mol. The largest absolute Gasteiger partial charge is 0.356 e. The zero-order valence-electron chi connectivity index (χ0n) is 11.9. The Labute approximate surface area is 114 Å². The summed E-state index contributed by atoms with van der Waals surface area (Å²) in [5.74, 6) is 0.678. The molecule has 1 amide bonds. The average molecular weight is 260 g/mol. The third kappa shape index (κ3) is 3.95. The van der Waals surface area contributed by atoms with Gasteiger partial charge in [-0.1, -0.05) is 0 Å². The SMILES string of the molecule is CCN(CC(C)C#N)c1ccc(C(=O)N(C)C)cn1. The lowest BCUT2D eigenvalue weighted by atomic mass is 10.2. The Bertz CT molecular complexity index is 461. The minimum absolute atomic E-state index is 0.0511. The zero-order valence-corrected chi connectivity index (χ0v) is 11.9. The van der Waals surface area contributed by atoms with E-state index in [-0.39, 0.29) is 11.8 Å². The molecule has 1 aromatic rings. The summed E-state index contributed by atoms with van der Waals surface area (Å²) in [5, 5.41) is 8.86. The Kier molecular flexibility index (Phi) is 5.31. The van der Waals surface area contributed by atoms with Gasteiger partial charge < -0.3 is 9.80 Å². The molecule has 5 heteroatoms. The molecule has 0 N–H and O–H groups in total. The summed E-state index contributed by atoms with van der Waals surface area (Å²) in [6.07, 6.45) is 1.58. The smallest absolute Gasteiger partial charge is 0.254 e. The maximum Gasteiger partial charge on any atom is 0.254 e. The molecule has 1 rings (SSSR count). The number of nitrogens with zero attached hydrogens (tertiary/aromatic N) is 4. The highest BCUT2D eigenvalue weighted by Gasteiger charge is 2.12. The van der Waals surface area contributed by atoms with Gasteiger partial charge in [0.2, 0.25) is 0 Å². The van der Waals surface area contributed by atoms with Crippen LogP contribution in [0.4, 0.5) is 5.82 Å². The minimum atomic E-state index is -0.0625. The van der Waals surface area contributed by atoms with Crippen molar-refractivity contribution in [3.05, 3.63) is 23.9 Å². The summed E-state index contributed by atoms with van der Waals surface area (Å²) in [7, 11) is 3.42. The quantitative estimate of drug-likeness (QED) is 0.809. The lowest BCUT2D eigenvalue weighted by Gasteiger charge is -2.23. The highest BCUT2D eigenvalue weighted by atomic mass is 16.2. The number of amides is 1. The second-order valence-corrected chi connectivity index (χ2v) is 4.67. The molecule has 0 bridgehead atoms. The molecule has 1 aromatic heterocycles. The van der Waals surface area contributed by atoms with Crippen molar-refractivity contribution in [3.63, 3.8) is 0 Å². The van der Waals surface area contributed by atoms with Gasteiger partial charge in [0, 0.05) is 33.4 Å². The molecule has 1 atom stereocenters. The van der Waals surface area contributed by atoms with Crippen molar-refractivity contribution in [2.75, 3.05) is 32.1 Å². The highest BCUT2D eigenvalue weighted by Crippen LogP contribution is 2.13. The fraction of sp³-hybridized carbons (Fsp3) is 0.500. The Morgan fingerprint density at radius 2 is 2.16 bits per heavy atom. The van der Waals surface area contributed by atoms with Crippen molar-refractivity contribution in [3.8, 4) is 6.07 Å². The molecule has 0 aliphatic rings. The first-order chi connectivity index (χ1) is 8.99. The van der Waals surface area contributed by atoms with Crippen LogP contribution in [0.1, 0.15) is 24.2 Å². The van der Waals surface area contributed by atoms with Crippen LogP contribution < -0.4 is 4.90 Å². The van der Waals surface area contributed by atoms with Crippen molar-refractivity contribution in [2.45, 2.75) is 13.8 Å². The van der Waals surface area contributed by atoms with E-state index in [1.165, 1.54) is 4.90 Å². The molecule has 102 valence electrons. The number of nitriles is 1. The van der Waals surface area contributed by atoms with E-state index >= 15 is 0 Å². The molecule has 0 saturated heterocycles. The number of carbonyl (C=O) groups excluding carboxylic acids is 1. The van der Waals surface area contributed by atoms with Crippen LogP contribution in [-0.4, -0.2) is 43.0 Å². The molecule has 1 unspecified atom stereocenters. The Morgan fingerprint density at radius 1 is 1.47 bits per heavy atom. The predicted octanol–water partition coefficient (Wildman–Crippen LogP) is 1.77. The van der Waals surface area contributed by atoms with Gasteiger partial charge in [-0.2, -0.15) is 5.26 Å². The Morgan fingerprint density at radius 3 is 2.58 bits per heavy atom. The lowest BCUT2D eigenvalue weighted by molar-refractivity contribution is 0.0827. The maximum atomic E-state index is 11.7. The topological polar surface area (TPSA) is 60.2 Å². The van der Waals surface area contributed by atoms with Crippen LogP contribution >= 0.6 is 0 Å². The van der Waals surface area contributed by atoms with E-state index in [9.17, 15) is 4.79 Å². The van der Waals surface area contributed by atoms with E-state index in [2.05, 4.69) is 11.1 Å². The first-order valence-corrected chi connectivity index (χ1v) is 6.31. The number of hydrogen-bond donors (Lipinski definition) is 0. The van der Waals surface area contributed by atoms with Crippen LogP contribution in [0.3, 0.4) is 0 Å². The van der Waals surface area contributed by atoms with Crippen LogP contribution in [-0.2, 0) is 0 Å². The first-order valence-electron chi connectivity index (χ1n) is 6.31. The Balaban J connectivity index is 2.85. The number of aromatic nitrogens is 1. The third-order valence-corrected chi connectivity index (χ3v) is 2.82. The molecule has 0 saturated carbocycles. The van der Waals surface area contributed by atoms with E-state index in [1.54, 1.807) is 26.4 Å². The van der Waals surface area contributed by atoms with E-state index < -0.39 is 0 Å². The number of anilines is 1. The van der Waals surface area contributed by atoms with Crippen LogP contribution in [0.25, 0.3) is 0 Å². The maximum absolute atomic E-state index is 11.7. The van der Waals surface area contributed by atoms with Crippen molar-refractivity contribution < 1.29 is 4.79 Å². The first kappa shape index (κ1) is 15.0. The van der Waals surface area contributed by atoms with Gasteiger partial charge in [-0.05, 0) is 26.0 Å². The number of carbonyl (C=O) groups is 1. The second-order valence-electron chi connectivity index (χ2n) is 4.67. The Hall–Kier alpha value is -2.09. The minimum Gasteiger partial charge on any atom is -0.356 e. The molecular formula is C14H20N4O. The summed E-state index contributed by atoms with van der Waals surface area (Å²) >= 11 is 0. The summed E-state index contributed by atoms with van der Waals surface area (Å²) in [5.41, 5.74) is 0.568. The van der Waals surface area contributed by atoms with Crippen molar-refractivity contribution in [2.24, 2.45) is 5.92 Å². The van der Waals surface area contributed by atoms with Crippen LogP contribution in [0.2, 0.25) is 0 Å². The van der Waals surface area contributed by atoms with Gasteiger partial charge in [-0.25, -0.2) is 4.98 Å². The van der Waals surface area contributed by atoms with Crippen LogP contribution in [0.15, 0.2) is 18.3 Å². The van der Waals surface area contributed by atoms with Gasteiger partial charge in [-0.15, -0.1) is 0 Å². The third-order valence-electron chi connectivity index (χ3n) is 2.82. The predicted molar refractivity (Wildman–Crippen MR) is 74.9 cm³/mol. The van der Waals surface area contributed by atoms with Crippen LogP contribution in [0, 0.1) is 17.2 Å². The average Bonchev–Trinajstić information content (AvgIpc) is 2.43. The standard InChI is InChI=1S/C14H20N4O/c1-5-18(10-11(2)8-15)13-7-6-12(9-16-13)14(19)17(3)4/h6-7,9,11H,5,10H2,1-4H3. The zero-order chi connectivity index (χ0) is 14.4. The number of rotatable bonds is 5. The fourth-order valence-electron chi connectivity index (χ4n) is 1.71. The van der Waals surface area contributed by atoms with Gasteiger partial charge in [0.1, 0.15) is 5.82 Å². The van der Waals surface area contributed by atoms with Crippen LogP contribution in [0.5, 0.6) is 0 Å². The summed E-state index contributed by atoms with van der Waals surface area (Å²) in [6.45, 7) is 5.32. The summed E-state index contributed by atoms with van der Waals surface area (Å²) in [6, 6.07) is 5.81. The molecule has 5 nitrogen and oxygen atoms in total. The number of hydrogen-bond acceptors (Lipinski definition) is 4. The highest BCUT2D eigenvalue weighted by molar-refractivity contribution is 5.93. The van der Waals surface area contributed by atoms with E-state index in [1.807, 2.05) is 24.8 Å². The molecule has 0 spiro atoms. The van der Waals surface area contributed by atoms with Crippen molar-refractivity contribution in [1.82, 2.24) is 9.88 Å². The molecule has 0 aliphatic carbocycles.